The fraction of sp³-hybridized carbons (Fsp3) is 0.333. The Morgan fingerprint density at radius 2 is 2.46 bits per heavy atom. The van der Waals surface area contributed by atoms with Crippen molar-refractivity contribution in [2.75, 3.05) is 6.54 Å². The average molecular weight is 180 g/mol. The Bertz CT molecular complexity index is 299. The molecule has 0 fully saturated rings. The molecule has 1 rings (SSSR count). The molecular formula is C9H12N2O2. The highest BCUT2D eigenvalue weighted by molar-refractivity contribution is 5.72. The largest absolute Gasteiger partial charge is 0.493 e. The molecule has 0 unspecified atom stereocenters. The first-order valence-electron chi connectivity index (χ1n) is 4.07. The van der Waals surface area contributed by atoms with Gasteiger partial charge in [-0.3, -0.25) is 4.79 Å². The van der Waals surface area contributed by atoms with Crippen LogP contribution < -0.4 is 5.32 Å². The van der Waals surface area contributed by atoms with E-state index in [2.05, 4.69) is 10.3 Å². The molecule has 0 spiro atoms. The third kappa shape index (κ3) is 3.55. The first-order chi connectivity index (χ1) is 6.18. The van der Waals surface area contributed by atoms with E-state index >= 15 is 0 Å². The zero-order chi connectivity index (χ0) is 9.68. The van der Waals surface area contributed by atoms with Crippen LogP contribution in [-0.4, -0.2) is 22.5 Å². The summed E-state index contributed by atoms with van der Waals surface area (Å²) in [6.07, 6.45) is 2.24. The predicted molar refractivity (Wildman–Crippen MR) is 48.3 cm³/mol. The molecule has 0 saturated carbocycles. The standard InChI is InChI=1S/C9H12N2O2/c1-7(12)10-4-2-8-3-5-11-9(13)6-8/h3,5-6H,2,4H2,1H3,(H,10,12)(H,11,13). The number of carbonyl (C=O) groups excluding carboxylic acids is 1. The van der Waals surface area contributed by atoms with Crippen molar-refractivity contribution in [3.63, 3.8) is 0 Å². The van der Waals surface area contributed by atoms with E-state index in [0.717, 1.165) is 5.56 Å². The van der Waals surface area contributed by atoms with Gasteiger partial charge >= 0.3 is 0 Å². The molecular weight excluding hydrogens is 168 g/mol. The molecule has 1 heterocycles. The molecule has 0 bridgehead atoms. The summed E-state index contributed by atoms with van der Waals surface area (Å²) in [5.74, 6) is -0.0291. The van der Waals surface area contributed by atoms with Gasteiger partial charge in [0.1, 0.15) is 0 Å². The Balaban J connectivity index is 2.41. The van der Waals surface area contributed by atoms with Crippen molar-refractivity contribution < 1.29 is 9.90 Å². The zero-order valence-electron chi connectivity index (χ0n) is 7.45. The first kappa shape index (κ1) is 9.51. The van der Waals surface area contributed by atoms with Crippen molar-refractivity contribution in [3.05, 3.63) is 23.9 Å². The van der Waals surface area contributed by atoms with E-state index in [4.69, 9.17) is 5.11 Å². The molecule has 13 heavy (non-hydrogen) atoms. The number of hydrogen-bond acceptors (Lipinski definition) is 3. The predicted octanol–water partition coefficient (Wildman–Crippen LogP) is 0.466. The normalized spacial score (nSPS) is 9.62. The molecule has 0 atom stereocenters. The SMILES string of the molecule is CC(=O)NCCc1ccnc(O)c1. The lowest BCUT2D eigenvalue weighted by Crippen LogP contribution is -2.22. The molecule has 1 amide bonds. The third-order valence-electron chi connectivity index (χ3n) is 1.60. The van der Waals surface area contributed by atoms with Gasteiger partial charge < -0.3 is 10.4 Å². The minimum atomic E-state index is -0.0433. The van der Waals surface area contributed by atoms with Gasteiger partial charge in [0.05, 0.1) is 0 Å². The molecule has 0 aromatic carbocycles. The van der Waals surface area contributed by atoms with Gasteiger partial charge in [-0.1, -0.05) is 0 Å². The van der Waals surface area contributed by atoms with E-state index in [1.54, 1.807) is 12.3 Å². The van der Waals surface area contributed by atoms with Crippen LogP contribution in [0.4, 0.5) is 0 Å². The van der Waals surface area contributed by atoms with E-state index < -0.39 is 0 Å². The number of nitrogens with zero attached hydrogens (tertiary/aromatic N) is 1. The molecule has 0 radical (unpaired) electrons. The second-order valence-corrected chi connectivity index (χ2v) is 2.76. The lowest BCUT2D eigenvalue weighted by Gasteiger charge is -2.01. The summed E-state index contributed by atoms with van der Waals surface area (Å²) in [5.41, 5.74) is 0.959. The molecule has 4 nitrogen and oxygen atoms in total. The average Bonchev–Trinajstić information content (AvgIpc) is 2.03. The van der Waals surface area contributed by atoms with Gasteiger partial charge in [-0.05, 0) is 18.1 Å². The summed E-state index contributed by atoms with van der Waals surface area (Å²) >= 11 is 0. The molecule has 0 saturated heterocycles. The van der Waals surface area contributed by atoms with E-state index in [9.17, 15) is 4.79 Å². The van der Waals surface area contributed by atoms with Crippen molar-refractivity contribution >= 4 is 5.91 Å². The molecule has 0 aliphatic carbocycles. The number of aromatic hydroxyl groups is 1. The van der Waals surface area contributed by atoms with Crippen molar-refractivity contribution in [3.8, 4) is 5.88 Å². The fourth-order valence-electron chi connectivity index (χ4n) is 0.999. The topological polar surface area (TPSA) is 62.2 Å². The summed E-state index contributed by atoms with van der Waals surface area (Å²) in [6.45, 7) is 2.06. The van der Waals surface area contributed by atoms with E-state index in [1.807, 2.05) is 6.07 Å². The number of hydrogen-bond donors (Lipinski definition) is 2. The number of amides is 1. The number of carbonyl (C=O) groups is 1. The summed E-state index contributed by atoms with van der Waals surface area (Å²) in [5, 5.41) is 11.7. The maximum Gasteiger partial charge on any atom is 0.216 e. The van der Waals surface area contributed by atoms with Crippen LogP contribution in [0, 0.1) is 0 Å². The maximum atomic E-state index is 10.5. The molecule has 1 aromatic heterocycles. The van der Waals surface area contributed by atoms with Gasteiger partial charge in [-0.2, -0.15) is 0 Å². The monoisotopic (exact) mass is 180 g/mol. The highest BCUT2D eigenvalue weighted by Gasteiger charge is 1.95. The quantitative estimate of drug-likeness (QED) is 0.710. The van der Waals surface area contributed by atoms with Crippen molar-refractivity contribution in [1.82, 2.24) is 10.3 Å². The second kappa shape index (κ2) is 4.45. The van der Waals surface area contributed by atoms with Crippen LogP contribution in [0.2, 0.25) is 0 Å². The Morgan fingerprint density at radius 1 is 1.69 bits per heavy atom. The van der Waals surface area contributed by atoms with Gasteiger partial charge in [-0.15, -0.1) is 0 Å². The van der Waals surface area contributed by atoms with E-state index in [-0.39, 0.29) is 11.8 Å². The highest BCUT2D eigenvalue weighted by Crippen LogP contribution is 2.06. The molecule has 0 aliphatic heterocycles. The van der Waals surface area contributed by atoms with Crippen molar-refractivity contribution in [2.24, 2.45) is 0 Å². The number of nitrogens with one attached hydrogen (secondary N) is 1. The fourth-order valence-corrected chi connectivity index (χ4v) is 0.999. The number of pyridine rings is 1. The van der Waals surface area contributed by atoms with Crippen LogP contribution in [0.15, 0.2) is 18.3 Å². The van der Waals surface area contributed by atoms with Gasteiger partial charge in [-0.25, -0.2) is 4.98 Å². The highest BCUT2D eigenvalue weighted by atomic mass is 16.3. The van der Waals surface area contributed by atoms with Gasteiger partial charge in [0.2, 0.25) is 11.8 Å². The summed E-state index contributed by atoms with van der Waals surface area (Å²) in [7, 11) is 0. The Labute approximate surface area is 76.6 Å². The molecule has 1 aromatic rings. The van der Waals surface area contributed by atoms with E-state index in [1.165, 1.54) is 6.92 Å². The van der Waals surface area contributed by atoms with Gasteiger partial charge in [0.25, 0.3) is 0 Å². The Morgan fingerprint density at radius 3 is 3.08 bits per heavy atom. The third-order valence-corrected chi connectivity index (χ3v) is 1.60. The molecule has 4 heteroatoms. The van der Waals surface area contributed by atoms with Crippen LogP contribution in [0.3, 0.4) is 0 Å². The number of rotatable bonds is 3. The summed E-state index contributed by atoms with van der Waals surface area (Å²) in [6, 6.07) is 3.39. The summed E-state index contributed by atoms with van der Waals surface area (Å²) in [4.78, 5) is 14.2. The van der Waals surface area contributed by atoms with Crippen molar-refractivity contribution in [2.45, 2.75) is 13.3 Å². The van der Waals surface area contributed by atoms with E-state index in [0.29, 0.717) is 13.0 Å². The van der Waals surface area contributed by atoms with Crippen LogP contribution in [-0.2, 0) is 11.2 Å². The number of aromatic nitrogens is 1. The second-order valence-electron chi connectivity index (χ2n) is 2.76. The molecule has 2 N–H and O–H groups in total. The van der Waals surface area contributed by atoms with Crippen LogP contribution in [0.5, 0.6) is 5.88 Å². The van der Waals surface area contributed by atoms with Crippen LogP contribution in [0.25, 0.3) is 0 Å². The molecule has 0 aliphatic rings. The van der Waals surface area contributed by atoms with Crippen molar-refractivity contribution in [1.29, 1.82) is 0 Å². The van der Waals surface area contributed by atoms with Gasteiger partial charge in [0.15, 0.2) is 0 Å². The lowest BCUT2D eigenvalue weighted by molar-refractivity contribution is -0.118. The minimum Gasteiger partial charge on any atom is -0.493 e. The summed E-state index contributed by atoms with van der Waals surface area (Å²) < 4.78 is 0. The first-order valence-corrected chi connectivity index (χ1v) is 4.07. The minimum absolute atomic E-state index is 0.0142. The Kier molecular flexibility index (Phi) is 3.25. The maximum absolute atomic E-state index is 10.5. The smallest absolute Gasteiger partial charge is 0.216 e. The van der Waals surface area contributed by atoms with Crippen LogP contribution >= 0.6 is 0 Å². The molecule has 70 valence electrons. The lowest BCUT2D eigenvalue weighted by atomic mass is 10.2. The van der Waals surface area contributed by atoms with Gasteiger partial charge in [0, 0.05) is 25.7 Å². The van der Waals surface area contributed by atoms with Crippen LogP contribution in [0.1, 0.15) is 12.5 Å². The Hall–Kier alpha value is -1.58. The zero-order valence-corrected chi connectivity index (χ0v) is 7.45.